The van der Waals surface area contributed by atoms with Crippen molar-refractivity contribution in [1.82, 2.24) is 9.36 Å². The third-order valence-electron chi connectivity index (χ3n) is 4.00. The highest BCUT2D eigenvalue weighted by Gasteiger charge is 2.22. The van der Waals surface area contributed by atoms with E-state index in [-0.39, 0.29) is 35.8 Å². The molecule has 1 aromatic carbocycles. The van der Waals surface area contributed by atoms with Crippen molar-refractivity contribution >= 4 is 24.0 Å². The van der Waals surface area contributed by atoms with Crippen molar-refractivity contribution in [2.75, 3.05) is 5.32 Å². The Morgan fingerprint density at radius 3 is 2.30 bits per heavy atom. The van der Waals surface area contributed by atoms with Gasteiger partial charge in [0, 0.05) is 13.1 Å². The maximum Gasteiger partial charge on any atom is 0.295 e. The van der Waals surface area contributed by atoms with Gasteiger partial charge in [0.25, 0.3) is 5.56 Å². The molecule has 2 rings (SSSR count). The lowest BCUT2D eigenvalue weighted by Crippen LogP contribution is -2.35. The van der Waals surface area contributed by atoms with Crippen molar-refractivity contribution in [3.63, 3.8) is 0 Å². The van der Waals surface area contributed by atoms with Gasteiger partial charge >= 0.3 is 0 Å². The predicted molar refractivity (Wildman–Crippen MR) is 94.4 cm³/mol. The van der Waals surface area contributed by atoms with E-state index in [0.29, 0.717) is 11.4 Å². The first-order valence-electron chi connectivity index (χ1n) is 7.25. The number of rotatable bonds is 4. The SMILES string of the molecule is Cc1c(NC(=O)C(C)C(C)N)c(=O)n(-c2ccccc2)n1C.Cl. The summed E-state index contributed by atoms with van der Waals surface area (Å²) in [6, 6.07) is 9.02. The number of carbonyl (C=O) groups excluding carboxylic acids is 1. The number of nitrogens with two attached hydrogens (primary N) is 1. The van der Waals surface area contributed by atoms with Crippen LogP contribution in [-0.4, -0.2) is 21.3 Å². The zero-order valence-electron chi connectivity index (χ0n) is 13.7. The van der Waals surface area contributed by atoms with Gasteiger partial charge in [0.15, 0.2) is 0 Å². The Balaban J connectivity index is 0.00000264. The number of carbonyl (C=O) groups is 1. The van der Waals surface area contributed by atoms with Crippen molar-refractivity contribution < 1.29 is 4.79 Å². The minimum atomic E-state index is -0.371. The number of benzene rings is 1. The van der Waals surface area contributed by atoms with Gasteiger partial charge in [-0.25, -0.2) is 4.68 Å². The van der Waals surface area contributed by atoms with Crippen LogP contribution in [0.3, 0.4) is 0 Å². The average Bonchev–Trinajstić information content (AvgIpc) is 2.71. The Morgan fingerprint density at radius 1 is 1.22 bits per heavy atom. The van der Waals surface area contributed by atoms with Crippen molar-refractivity contribution in [3.8, 4) is 5.69 Å². The van der Waals surface area contributed by atoms with Crippen LogP contribution in [0.4, 0.5) is 5.69 Å². The second-order valence-corrected chi connectivity index (χ2v) is 5.57. The van der Waals surface area contributed by atoms with E-state index in [1.807, 2.05) is 30.3 Å². The van der Waals surface area contributed by atoms with E-state index in [2.05, 4.69) is 5.32 Å². The van der Waals surface area contributed by atoms with Crippen LogP contribution in [0, 0.1) is 12.8 Å². The Kier molecular flexibility index (Phi) is 6.18. The van der Waals surface area contributed by atoms with Gasteiger partial charge < -0.3 is 11.1 Å². The molecule has 0 bridgehead atoms. The quantitative estimate of drug-likeness (QED) is 0.892. The molecule has 0 spiro atoms. The van der Waals surface area contributed by atoms with Gasteiger partial charge in [-0.1, -0.05) is 25.1 Å². The molecule has 0 aliphatic heterocycles. The van der Waals surface area contributed by atoms with Crippen molar-refractivity contribution in [2.45, 2.75) is 26.8 Å². The third kappa shape index (κ3) is 3.65. The summed E-state index contributed by atoms with van der Waals surface area (Å²) < 4.78 is 3.26. The molecule has 0 fully saturated rings. The van der Waals surface area contributed by atoms with E-state index in [1.54, 1.807) is 32.5 Å². The third-order valence-corrected chi connectivity index (χ3v) is 4.00. The summed E-state index contributed by atoms with van der Waals surface area (Å²) in [5.41, 5.74) is 7.23. The maximum absolute atomic E-state index is 12.6. The van der Waals surface area contributed by atoms with E-state index < -0.39 is 0 Å². The molecule has 2 aromatic rings. The number of anilines is 1. The molecule has 23 heavy (non-hydrogen) atoms. The highest BCUT2D eigenvalue weighted by molar-refractivity contribution is 5.93. The second-order valence-electron chi connectivity index (χ2n) is 5.57. The summed E-state index contributed by atoms with van der Waals surface area (Å²) in [7, 11) is 1.79. The van der Waals surface area contributed by atoms with Crippen molar-refractivity contribution in [1.29, 1.82) is 0 Å². The van der Waals surface area contributed by atoms with E-state index >= 15 is 0 Å². The Bertz CT molecular complexity index is 735. The lowest BCUT2D eigenvalue weighted by atomic mass is 10.0. The topological polar surface area (TPSA) is 82.1 Å². The number of halogens is 1. The van der Waals surface area contributed by atoms with Gasteiger partial charge in [-0.3, -0.25) is 14.3 Å². The minimum Gasteiger partial charge on any atom is -0.327 e. The molecular formula is C16H23ClN4O2. The number of hydrogen-bond donors (Lipinski definition) is 2. The van der Waals surface area contributed by atoms with Crippen LogP contribution in [0.5, 0.6) is 0 Å². The number of hydrogen-bond acceptors (Lipinski definition) is 3. The first kappa shape index (κ1) is 19.0. The molecule has 2 unspecified atom stereocenters. The molecular weight excluding hydrogens is 316 g/mol. The first-order valence-corrected chi connectivity index (χ1v) is 7.25. The van der Waals surface area contributed by atoms with Crippen LogP contribution in [-0.2, 0) is 11.8 Å². The molecule has 0 saturated carbocycles. The normalized spacial score (nSPS) is 13.1. The first-order chi connectivity index (χ1) is 10.3. The van der Waals surface area contributed by atoms with Crippen LogP contribution in [0.25, 0.3) is 5.69 Å². The number of amides is 1. The Labute approximate surface area is 141 Å². The fourth-order valence-corrected chi connectivity index (χ4v) is 2.19. The molecule has 0 saturated heterocycles. The summed E-state index contributed by atoms with van der Waals surface area (Å²) in [4.78, 5) is 24.8. The highest BCUT2D eigenvalue weighted by atomic mass is 35.5. The molecule has 0 aliphatic carbocycles. The van der Waals surface area contributed by atoms with E-state index in [4.69, 9.17) is 5.73 Å². The molecule has 2 atom stereocenters. The van der Waals surface area contributed by atoms with Crippen molar-refractivity contribution in [3.05, 3.63) is 46.4 Å². The number of para-hydroxylation sites is 1. The van der Waals surface area contributed by atoms with Gasteiger partial charge in [-0.2, -0.15) is 0 Å². The van der Waals surface area contributed by atoms with Gasteiger partial charge in [-0.05, 0) is 26.0 Å². The lowest BCUT2D eigenvalue weighted by molar-refractivity contribution is -0.119. The molecule has 0 aliphatic rings. The van der Waals surface area contributed by atoms with E-state index in [1.165, 1.54) is 4.68 Å². The second kappa shape index (κ2) is 7.48. The standard InChI is InChI=1S/C16H22N4O2.ClH/c1-10(11(2)17)15(21)18-14-12(3)19(4)20(16(14)22)13-8-6-5-7-9-13;/h5-11H,17H2,1-4H3,(H,18,21);1H. The fraction of sp³-hybridized carbons (Fsp3) is 0.375. The molecule has 126 valence electrons. The smallest absolute Gasteiger partial charge is 0.295 e. The molecule has 7 heteroatoms. The molecule has 1 amide bonds. The van der Waals surface area contributed by atoms with Crippen LogP contribution < -0.4 is 16.6 Å². The lowest BCUT2D eigenvalue weighted by Gasteiger charge is -2.14. The number of nitrogens with zero attached hydrogens (tertiary/aromatic N) is 2. The average molecular weight is 339 g/mol. The van der Waals surface area contributed by atoms with Gasteiger partial charge in [0.05, 0.1) is 17.3 Å². The molecule has 1 heterocycles. The van der Waals surface area contributed by atoms with E-state index in [0.717, 1.165) is 5.69 Å². The summed E-state index contributed by atoms with van der Waals surface area (Å²) in [5.74, 6) is -0.620. The fourth-order valence-electron chi connectivity index (χ4n) is 2.19. The monoisotopic (exact) mass is 338 g/mol. The number of nitrogens with one attached hydrogen (secondary N) is 1. The van der Waals surface area contributed by atoms with Crippen LogP contribution in [0.15, 0.2) is 35.1 Å². The van der Waals surface area contributed by atoms with Gasteiger partial charge in [0.1, 0.15) is 5.69 Å². The summed E-state index contributed by atoms with van der Waals surface area (Å²) in [6.45, 7) is 5.31. The molecule has 0 radical (unpaired) electrons. The van der Waals surface area contributed by atoms with Gasteiger partial charge in [-0.15, -0.1) is 12.4 Å². The zero-order chi connectivity index (χ0) is 16.4. The van der Waals surface area contributed by atoms with Gasteiger partial charge in [0.2, 0.25) is 5.91 Å². The Morgan fingerprint density at radius 2 is 1.78 bits per heavy atom. The number of aromatic nitrogens is 2. The van der Waals surface area contributed by atoms with E-state index in [9.17, 15) is 9.59 Å². The predicted octanol–water partition coefficient (Wildman–Crippen LogP) is 1.83. The zero-order valence-corrected chi connectivity index (χ0v) is 14.6. The van der Waals surface area contributed by atoms with Crippen LogP contribution in [0.1, 0.15) is 19.5 Å². The summed E-state index contributed by atoms with van der Waals surface area (Å²) >= 11 is 0. The maximum atomic E-state index is 12.6. The molecule has 1 aromatic heterocycles. The molecule has 3 N–H and O–H groups in total. The minimum absolute atomic E-state index is 0. The van der Waals surface area contributed by atoms with Crippen LogP contribution >= 0.6 is 12.4 Å². The molecule has 6 nitrogen and oxygen atoms in total. The Hall–Kier alpha value is -2.05. The highest BCUT2D eigenvalue weighted by Crippen LogP contribution is 2.15. The summed E-state index contributed by atoms with van der Waals surface area (Å²) in [5, 5.41) is 2.72. The van der Waals surface area contributed by atoms with Crippen molar-refractivity contribution in [2.24, 2.45) is 18.7 Å². The largest absolute Gasteiger partial charge is 0.327 e. The summed E-state index contributed by atoms with van der Waals surface area (Å²) in [6.07, 6.45) is 0. The van der Waals surface area contributed by atoms with Crippen LogP contribution in [0.2, 0.25) is 0 Å².